The van der Waals surface area contributed by atoms with E-state index in [0.29, 0.717) is 0 Å². The van der Waals surface area contributed by atoms with Crippen LogP contribution in [-0.2, 0) is 13.5 Å². The molecule has 2 aromatic rings. The van der Waals surface area contributed by atoms with Gasteiger partial charge >= 0.3 is 0 Å². The second-order valence-electron chi connectivity index (χ2n) is 4.11. The summed E-state index contributed by atoms with van der Waals surface area (Å²) in [4.78, 5) is 4.56. The molecule has 2 rings (SSSR count). The monoisotopic (exact) mass is 250 g/mol. The fraction of sp³-hybridized carbons (Fsp3) is 0.500. The smallest absolute Gasteiger partial charge is 0.114 e. The summed E-state index contributed by atoms with van der Waals surface area (Å²) in [6.45, 7) is 4.16. The van der Waals surface area contributed by atoms with E-state index < -0.39 is 0 Å². The number of nitrogens with zero attached hydrogens (tertiary/aromatic N) is 3. The molecule has 0 aromatic carbocycles. The van der Waals surface area contributed by atoms with Crippen molar-refractivity contribution in [3.05, 3.63) is 33.5 Å². The molecule has 0 aliphatic heterocycles. The first-order chi connectivity index (χ1) is 8.15. The molecule has 2 heterocycles. The van der Waals surface area contributed by atoms with E-state index in [2.05, 4.69) is 33.9 Å². The van der Waals surface area contributed by atoms with Gasteiger partial charge in [0.1, 0.15) is 5.01 Å². The maximum absolute atomic E-state index is 4.56. The summed E-state index contributed by atoms with van der Waals surface area (Å²) < 4.78 is 1.87. The molecule has 1 unspecified atom stereocenters. The maximum atomic E-state index is 4.56. The Morgan fingerprint density at radius 3 is 2.82 bits per heavy atom. The minimum atomic E-state index is 0.150. The van der Waals surface area contributed by atoms with Crippen molar-refractivity contribution in [1.82, 2.24) is 20.1 Å². The number of thiazole rings is 1. The Balaban J connectivity index is 2.41. The van der Waals surface area contributed by atoms with Crippen LogP contribution in [-0.4, -0.2) is 21.8 Å². The van der Waals surface area contributed by atoms with Crippen LogP contribution >= 0.6 is 11.3 Å². The van der Waals surface area contributed by atoms with Crippen molar-refractivity contribution in [2.75, 3.05) is 7.05 Å². The van der Waals surface area contributed by atoms with Gasteiger partial charge in [-0.2, -0.15) is 5.10 Å². The molecule has 0 saturated carbocycles. The largest absolute Gasteiger partial charge is 0.307 e. The summed E-state index contributed by atoms with van der Waals surface area (Å²) in [7, 11) is 3.93. The summed E-state index contributed by atoms with van der Waals surface area (Å²) in [6, 6.07) is 0.150. The Labute approximate surface area is 106 Å². The minimum absolute atomic E-state index is 0.150. The quantitative estimate of drug-likeness (QED) is 0.903. The van der Waals surface area contributed by atoms with Gasteiger partial charge in [-0.25, -0.2) is 4.98 Å². The van der Waals surface area contributed by atoms with Crippen LogP contribution in [0.15, 0.2) is 11.6 Å². The van der Waals surface area contributed by atoms with Crippen LogP contribution in [0.25, 0.3) is 0 Å². The van der Waals surface area contributed by atoms with Crippen molar-refractivity contribution in [3.63, 3.8) is 0 Å². The predicted octanol–water partition coefficient (Wildman–Crippen LogP) is 2.06. The molecule has 0 aliphatic rings. The Morgan fingerprint density at radius 2 is 2.29 bits per heavy atom. The Kier molecular flexibility index (Phi) is 3.59. The third-order valence-electron chi connectivity index (χ3n) is 2.76. The van der Waals surface area contributed by atoms with Crippen LogP contribution in [0.3, 0.4) is 0 Å². The maximum Gasteiger partial charge on any atom is 0.114 e. The van der Waals surface area contributed by atoms with Gasteiger partial charge in [0.25, 0.3) is 0 Å². The van der Waals surface area contributed by atoms with E-state index in [4.69, 9.17) is 0 Å². The fourth-order valence-electron chi connectivity index (χ4n) is 1.99. The topological polar surface area (TPSA) is 42.7 Å². The minimum Gasteiger partial charge on any atom is -0.307 e. The van der Waals surface area contributed by atoms with Crippen LogP contribution in [0.2, 0.25) is 0 Å². The molecule has 92 valence electrons. The van der Waals surface area contributed by atoms with Crippen LogP contribution in [0.1, 0.15) is 34.9 Å². The Hall–Kier alpha value is -1.20. The zero-order valence-corrected chi connectivity index (χ0v) is 11.5. The molecule has 1 atom stereocenters. The van der Waals surface area contributed by atoms with Crippen molar-refractivity contribution >= 4 is 11.3 Å². The molecule has 0 spiro atoms. The fourth-order valence-corrected chi connectivity index (χ4v) is 2.91. The first-order valence-electron chi connectivity index (χ1n) is 5.77. The zero-order chi connectivity index (χ0) is 12.4. The lowest BCUT2D eigenvalue weighted by atomic mass is 10.1. The van der Waals surface area contributed by atoms with Crippen LogP contribution < -0.4 is 5.32 Å². The summed E-state index contributed by atoms with van der Waals surface area (Å²) in [6.07, 6.45) is 3.02. The zero-order valence-electron chi connectivity index (χ0n) is 10.7. The van der Waals surface area contributed by atoms with E-state index in [1.165, 1.54) is 5.56 Å². The summed E-state index contributed by atoms with van der Waals surface area (Å²) in [5.41, 5.74) is 3.44. The van der Waals surface area contributed by atoms with Crippen molar-refractivity contribution in [1.29, 1.82) is 0 Å². The normalized spacial score (nSPS) is 12.9. The van der Waals surface area contributed by atoms with Crippen LogP contribution in [0, 0.1) is 6.92 Å². The van der Waals surface area contributed by atoms with Gasteiger partial charge in [0, 0.05) is 29.9 Å². The lowest BCUT2D eigenvalue weighted by Gasteiger charge is -2.12. The second-order valence-corrected chi connectivity index (χ2v) is 5.00. The summed E-state index contributed by atoms with van der Waals surface area (Å²) in [5.74, 6) is 0. The summed E-state index contributed by atoms with van der Waals surface area (Å²) >= 11 is 1.69. The molecule has 2 aromatic heterocycles. The highest BCUT2D eigenvalue weighted by Gasteiger charge is 2.20. The van der Waals surface area contributed by atoms with E-state index in [-0.39, 0.29) is 6.04 Å². The van der Waals surface area contributed by atoms with E-state index in [0.717, 1.165) is 22.8 Å². The lowest BCUT2D eigenvalue weighted by Crippen LogP contribution is -2.18. The molecule has 0 fully saturated rings. The first-order valence-corrected chi connectivity index (χ1v) is 6.65. The number of hydrogen-bond donors (Lipinski definition) is 1. The molecule has 0 radical (unpaired) electrons. The van der Waals surface area contributed by atoms with Gasteiger partial charge in [-0.05, 0) is 20.4 Å². The number of aromatic nitrogens is 3. The number of aryl methyl sites for hydroxylation is 3. The third kappa shape index (κ3) is 2.40. The molecule has 0 amide bonds. The van der Waals surface area contributed by atoms with Gasteiger partial charge in [-0.3, -0.25) is 4.68 Å². The van der Waals surface area contributed by atoms with Crippen molar-refractivity contribution in [3.8, 4) is 0 Å². The van der Waals surface area contributed by atoms with E-state index in [1.54, 1.807) is 11.3 Å². The average molecular weight is 250 g/mol. The lowest BCUT2D eigenvalue weighted by molar-refractivity contribution is 0.677. The molecule has 1 N–H and O–H groups in total. The van der Waals surface area contributed by atoms with Gasteiger partial charge in [-0.15, -0.1) is 11.3 Å². The van der Waals surface area contributed by atoms with Gasteiger partial charge in [0.2, 0.25) is 0 Å². The number of rotatable bonds is 4. The second kappa shape index (κ2) is 4.98. The van der Waals surface area contributed by atoms with Gasteiger partial charge in [-0.1, -0.05) is 6.92 Å². The van der Waals surface area contributed by atoms with E-state index in [9.17, 15) is 0 Å². The highest BCUT2D eigenvalue weighted by molar-refractivity contribution is 7.09. The standard InChI is InChI=1S/C12H18N4S/c1-5-10-9(6-16(4)15-10)11(13-3)12-14-8(2)7-17-12/h6-7,11,13H,5H2,1-4H3. The SMILES string of the molecule is CCc1nn(C)cc1C(NC)c1nc(C)cs1. The van der Waals surface area contributed by atoms with Crippen LogP contribution in [0.5, 0.6) is 0 Å². The first kappa shape index (κ1) is 12.3. The molecule has 0 bridgehead atoms. The van der Waals surface area contributed by atoms with Gasteiger partial charge < -0.3 is 5.32 Å². The van der Waals surface area contributed by atoms with Gasteiger partial charge in [0.15, 0.2) is 0 Å². The summed E-state index contributed by atoms with van der Waals surface area (Å²) in [5, 5.41) is 11.0. The molecule has 0 aliphatic carbocycles. The van der Waals surface area contributed by atoms with Crippen LogP contribution in [0.4, 0.5) is 0 Å². The highest BCUT2D eigenvalue weighted by Crippen LogP contribution is 2.26. The molecule has 17 heavy (non-hydrogen) atoms. The van der Waals surface area contributed by atoms with E-state index in [1.807, 2.05) is 25.7 Å². The molecular formula is C12H18N4S. The molecule has 4 nitrogen and oxygen atoms in total. The van der Waals surface area contributed by atoms with E-state index >= 15 is 0 Å². The number of nitrogens with one attached hydrogen (secondary N) is 1. The average Bonchev–Trinajstić information content (AvgIpc) is 2.87. The Morgan fingerprint density at radius 1 is 1.53 bits per heavy atom. The molecule has 5 heteroatoms. The number of hydrogen-bond acceptors (Lipinski definition) is 4. The van der Waals surface area contributed by atoms with Gasteiger partial charge in [0.05, 0.1) is 11.7 Å². The highest BCUT2D eigenvalue weighted by atomic mass is 32.1. The molecular weight excluding hydrogens is 232 g/mol. The Bertz CT molecular complexity index is 500. The predicted molar refractivity (Wildman–Crippen MR) is 70.3 cm³/mol. The van der Waals surface area contributed by atoms with Crippen molar-refractivity contribution in [2.45, 2.75) is 26.3 Å². The third-order valence-corrected chi connectivity index (χ3v) is 3.78. The van der Waals surface area contributed by atoms with Crippen molar-refractivity contribution in [2.24, 2.45) is 7.05 Å². The molecule has 0 saturated heterocycles. The van der Waals surface area contributed by atoms with Crippen molar-refractivity contribution < 1.29 is 0 Å².